The van der Waals surface area contributed by atoms with E-state index in [2.05, 4.69) is 27.7 Å². The first-order valence-electron chi connectivity index (χ1n) is 38.8. The summed E-state index contributed by atoms with van der Waals surface area (Å²) in [4.78, 5) is 72.4. The van der Waals surface area contributed by atoms with E-state index < -0.39 is 97.5 Å². The average molecular weight is 1370 g/mol. The van der Waals surface area contributed by atoms with Crippen LogP contribution < -0.4 is 0 Å². The molecule has 0 aromatic carbocycles. The molecule has 0 aromatic heterocycles. The van der Waals surface area contributed by atoms with Crippen molar-refractivity contribution in [2.24, 2.45) is 0 Å². The highest BCUT2D eigenvalue weighted by atomic mass is 31.2. The molecule has 0 aliphatic heterocycles. The largest absolute Gasteiger partial charge is 0.472 e. The number of aliphatic hydroxyl groups is 1. The highest BCUT2D eigenvalue weighted by Crippen LogP contribution is 2.45. The van der Waals surface area contributed by atoms with Crippen LogP contribution in [0.25, 0.3) is 0 Å². The van der Waals surface area contributed by atoms with Crippen molar-refractivity contribution in [2.45, 2.75) is 412 Å². The van der Waals surface area contributed by atoms with E-state index in [-0.39, 0.29) is 25.7 Å². The molecule has 0 radical (unpaired) electrons. The Balaban J connectivity index is 5.11. The molecule has 17 nitrogen and oxygen atoms in total. The maximum Gasteiger partial charge on any atom is 0.472 e. The van der Waals surface area contributed by atoms with Gasteiger partial charge in [0.2, 0.25) is 0 Å². The fraction of sp³-hybridized carbons (Fsp3) is 0.946. The van der Waals surface area contributed by atoms with E-state index in [4.69, 9.17) is 37.0 Å². The lowest BCUT2D eigenvalue weighted by Crippen LogP contribution is -2.30. The molecule has 0 rings (SSSR count). The SMILES string of the molecule is CCCCCCCCCCCCCCCCCCCCCCC(=O)O[C@H](COC(=O)CCCCCCCCCCCCCCCCCCCC)COP(=O)(O)OC[C@@H](O)COP(=O)(O)OC[C@@H](COC(=O)CCCCCCC)OC(=O)CCCCCCCCCCCC. The number of phosphoric acid groups is 2. The van der Waals surface area contributed by atoms with Gasteiger partial charge in [0.25, 0.3) is 0 Å². The number of unbranched alkanes of at least 4 members (excludes halogenated alkanes) is 49. The second-order valence-corrected chi connectivity index (χ2v) is 29.6. The van der Waals surface area contributed by atoms with Gasteiger partial charge in [0.1, 0.15) is 19.3 Å². The summed E-state index contributed by atoms with van der Waals surface area (Å²) in [6, 6.07) is 0. The predicted molar refractivity (Wildman–Crippen MR) is 377 cm³/mol. The zero-order valence-electron chi connectivity index (χ0n) is 60.2. The van der Waals surface area contributed by atoms with Crippen molar-refractivity contribution in [1.29, 1.82) is 0 Å². The Morgan fingerprint density at radius 1 is 0.258 bits per heavy atom. The minimum atomic E-state index is -4.95. The minimum absolute atomic E-state index is 0.106. The maximum absolute atomic E-state index is 13.1. The summed E-state index contributed by atoms with van der Waals surface area (Å²) >= 11 is 0. The molecule has 19 heteroatoms. The summed E-state index contributed by atoms with van der Waals surface area (Å²) in [5.41, 5.74) is 0. The van der Waals surface area contributed by atoms with Crippen LogP contribution in [0.15, 0.2) is 0 Å². The fourth-order valence-corrected chi connectivity index (χ4v) is 13.0. The van der Waals surface area contributed by atoms with Crippen LogP contribution >= 0.6 is 15.6 Å². The van der Waals surface area contributed by atoms with E-state index in [0.717, 1.165) is 96.3 Å². The third-order valence-corrected chi connectivity index (χ3v) is 19.3. The van der Waals surface area contributed by atoms with Gasteiger partial charge in [-0.1, -0.05) is 342 Å². The third-order valence-electron chi connectivity index (χ3n) is 17.4. The van der Waals surface area contributed by atoms with E-state index in [0.29, 0.717) is 25.7 Å². The number of ether oxygens (including phenoxy) is 4. The van der Waals surface area contributed by atoms with Crippen molar-refractivity contribution >= 4 is 39.5 Å². The van der Waals surface area contributed by atoms with Crippen molar-refractivity contribution in [3.63, 3.8) is 0 Å². The molecule has 0 saturated heterocycles. The highest BCUT2D eigenvalue weighted by Gasteiger charge is 2.30. The monoisotopic (exact) mass is 1370 g/mol. The minimum Gasteiger partial charge on any atom is -0.462 e. The predicted octanol–water partition coefficient (Wildman–Crippen LogP) is 21.8. The Morgan fingerprint density at radius 3 is 0.634 bits per heavy atom. The Labute approximate surface area is 568 Å². The van der Waals surface area contributed by atoms with Crippen molar-refractivity contribution in [3.8, 4) is 0 Å². The Hall–Kier alpha value is -1.94. The number of carbonyl (C=O) groups excluding carboxylic acids is 4. The summed E-state index contributed by atoms with van der Waals surface area (Å²) < 4.78 is 68.2. The molecule has 0 heterocycles. The van der Waals surface area contributed by atoms with Crippen molar-refractivity contribution in [2.75, 3.05) is 39.6 Å². The van der Waals surface area contributed by atoms with E-state index >= 15 is 0 Å². The lowest BCUT2D eigenvalue weighted by atomic mass is 10.0. The number of rotatable bonds is 75. The Bertz CT molecular complexity index is 1770. The Kier molecular flexibility index (Phi) is 67.1. The van der Waals surface area contributed by atoms with Crippen LogP contribution in [0.5, 0.6) is 0 Å². The smallest absolute Gasteiger partial charge is 0.462 e. The molecule has 0 aliphatic carbocycles. The zero-order valence-corrected chi connectivity index (χ0v) is 62.0. The fourth-order valence-electron chi connectivity index (χ4n) is 11.4. The molecular formula is C74H144O17P2. The van der Waals surface area contributed by atoms with Gasteiger partial charge in [0.05, 0.1) is 26.4 Å². The molecule has 3 N–H and O–H groups in total. The lowest BCUT2D eigenvalue weighted by Gasteiger charge is -2.21. The number of carbonyl (C=O) groups is 4. The topological polar surface area (TPSA) is 237 Å². The van der Waals surface area contributed by atoms with Gasteiger partial charge in [-0.15, -0.1) is 0 Å². The van der Waals surface area contributed by atoms with Crippen LogP contribution in [0.4, 0.5) is 0 Å². The molecule has 5 atom stereocenters. The normalized spacial score (nSPS) is 13.9. The molecule has 2 unspecified atom stereocenters. The number of esters is 4. The van der Waals surface area contributed by atoms with Gasteiger partial charge in [0.15, 0.2) is 12.2 Å². The van der Waals surface area contributed by atoms with Gasteiger partial charge in [-0.3, -0.25) is 37.3 Å². The highest BCUT2D eigenvalue weighted by molar-refractivity contribution is 7.47. The summed E-state index contributed by atoms with van der Waals surface area (Å²) in [6.45, 7) is 4.87. The number of hydrogen-bond donors (Lipinski definition) is 3. The number of aliphatic hydroxyl groups excluding tert-OH is 1. The molecule has 0 amide bonds. The molecule has 0 saturated carbocycles. The summed E-state index contributed by atoms with van der Waals surface area (Å²) in [5.74, 6) is -2.13. The second kappa shape index (κ2) is 68.6. The van der Waals surface area contributed by atoms with E-state index in [1.165, 1.54) is 218 Å². The van der Waals surface area contributed by atoms with Gasteiger partial charge in [0, 0.05) is 25.7 Å². The molecule has 93 heavy (non-hydrogen) atoms. The van der Waals surface area contributed by atoms with Crippen LogP contribution in [0.3, 0.4) is 0 Å². The maximum atomic E-state index is 13.1. The van der Waals surface area contributed by atoms with Crippen LogP contribution in [0.1, 0.15) is 394 Å². The average Bonchev–Trinajstić information content (AvgIpc) is 3.01. The number of hydrogen-bond acceptors (Lipinski definition) is 15. The molecule has 0 aromatic rings. The van der Waals surface area contributed by atoms with Crippen molar-refractivity contribution in [3.05, 3.63) is 0 Å². The quantitative estimate of drug-likeness (QED) is 0.0222. The third kappa shape index (κ3) is 68.4. The lowest BCUT2D eigenvalue weighted by molar-refractivity contribution is -0.161. The second-order valence-electron chi connectivity index (χ2n) is 26.7. The first-order valence-corrected chi connectivity index (χ1v) is 41.8. The summed E-state index contributed by atoms with van der Waals surface area (Å²) in [6.07, 6.45) is 58.8. The molecule has 0 bridgehead atoms. The van der Waals surface area contributed by atoms with Gasteiger partial charge in [-0.2, -0.15) is 0 Å². The van der Waals surface area contributed by atoms with Gasteiger partial charge < -0.3 is 33.8 Å². The molecule has 0 spiro atoms. The van der Waals surface area contributed by atoms with Crippen LogP contribution in [0.2, 0.25) is 0 Å². The standard InChI is InChI=1S/C74H144O17P2/c1-5-9-13-17-20-23-26-28-30-32-34-35-37-39-41-43-46-49-53-57-61-74(79)91-70(65-85-72(77)59-55-51-47-45-42-40-38-36-33-31-29-27-24-21-18-14-10-6-2)67-89-93(82,83)87-63-68(75)62-86-92(80,81)88-66-69(64-84-71(76)58-54-50-16-12-8-4)90-73(78)60-56-52-48-44-25-22-19-15-11-7-3/h68-70,75H,5-67H2,1-4H3,(H,80,81)(H,82,83)/t68-,69+,70+/m0/s1. The van der Waals surface area contributed by atoms with Gasteiger partial charge in [-0.25, -0.2) is 9.13 Å². The van der Waals surface area contributed by atoms with Gasteiger partial charge >= 0.3 is 39.5 Å². The Morgan fingerprint density at radius 2 is 0.430 bits per heavy atom. The van der Waals surface area contributed by atoms with Gasteiger partial charge in [-0.05, 0) is 25.7 Å². The van der Waals surface area contributed by atoms with Crippen LogP contribution in [-0.2, 0) is 65.4 Å². The van der Waals surface area contributed by atoms with Crippen molar-refractivity contribution in [1.82, 2.24) is 0 Å². The summed E-state index contributed by atoms with van der Waals surface area (Å²) in [5, 5.41) is 10.6. The van der Waals surface area contributed by atoms with E-state index in [1.54, 1.807) is 0 Å². The van der Waals surface area contributed by atoms with E-state index in [1.807, 2.05) is 0 Å². The number of phosphoric ester groups is 2. The molecule has 0 aliphatic rings. The molecule has 552 valence electrons. The molecule has 0 fully saturated rings. The first kappa shape index (κ1) is 91.1. The first-order chi connectivity index (χ1) is 45.2. The molecular weight excluding hydrogens is 1220 g/mol. The zero-order chi connectivity index (χ0) is 68.2. The van der Waals surface area contributed by atoms with Crippen LogP contribution in [0, 0.1) is 0 Å². The van der Waals surface area contributed by atoms with E-state index in [9.17, 15) is 43.2 Å². The summed E-state index contributed by atoms with van der Waals surface area (Å²) in [7, 11) is -9.89. The van der Waals surface area contributed by atoms with Crippen molar-refractivity contribution < 1.29 is 80.2 Å². The van der Waals surface area contributed by atoms with Crippen LogP contribution in [-0.4, -0.2) is 96.7 Å².